The van der Waals surface area contributed by atoms with Gasteiger partial charge in [0.05, 0.1) is 12.8 Å². The second kappa shape index (κ2) is 7.92. The van der Waals surface area contributed by atoms with E-state index in [1.165, 1.54) is 16.8 Å². The molecule has 0 unspecified atom stereocenters. The molecule has 6 nitrogen and oxygen atoms in total. The Bertz CT molecular complexity index is 980. The molecule has 0 fully saturated rings. The molecule has 2 N–H and O–H groups in total. The lowest BCUT2D eigenvalue weighted by molar-refractivity contribution is 0.318. The SMILES string of the molecule is CCOc1cc(/C=N\n2c(Cc3ccc(F)cc3)n[nH]c2=S)ccc1O. The number of aromatic amines is 1. The third-order valence-corrected chi connectivity index (χ3v) is 3.86. The van der Waals surface area contributed by atoms with Gasteiger partial charge in [-0.25, -0.2) is 4.39 Å². The fourth-order valence-corrected chi connectivity index (χ4v) is 2.55. The van der Waals surface area contributed by atoms with Crippen LogP contribution < -0.4 is 4.74 Å². The van der Waals surface area contributed by atoms with Crippen molar-refractivity contribution in [2.24, 2.45) is 5.10 Å². The molecule has 0 radical (unpaired) electrons. The molecule has 0 saturated heterocycles. The molecule has 0 atom stereocenters. The van der Waals surface area contributed by atoms with Crippen molar-refractivity contribution in [1.29, 1.82) is 0 Å². The number of rotatable bonds is 6. The van der Waals surface area contributed by atoms with Crippen LogP contribution in [0.25, 0.3) is 0 Å². The van der Waals surface area contributed by atoms with Crippen molar-refractivity contribution in [3.8, 4) is 11.5 Å². The van der Waals surface area contributed by atoms with Crippen LogP contribution in [0.2, 0.25) is 0 Å². The number of phenols is 1. The molecule has 1 aromatic heterocycles. The monoisotopic (exact) mass is 372 g/mol. The molecule has 0 spiro atoms. The number of halogens is 1. The van der Waals surface area contributed by atoms with E-state index in [9.17, 15) is 9.50 Å². The lowest BCUT2D eigenvalue weighted by Gasteiger charge is -2.06. The first-order valence-corrected chi connectivity index (χ1v) is 8.38. The van der Waals surface area contributed by atoms with Gasteiger partial charge in [0.15, 0.2) is 17.3 Å². The summed E-state index contributed by atoms with van der Waals surface area (Å²) < 4.78 is 20.3. The van der Waals surface area contributed by atoms with Crippen LogP contribution in [-0.2, 0) is 6.42 Å². The van der Waals surface area contributed by atoms with Gasteiger partial charge in [0.2, 0.25) is 4.77 Å². The van der Waals surface area contributed by atoms with Crippen LogP contribution in [-0.4, -0.2) is 32.8 Å². The fourth-order valence-electron chi connectivity index (χ4n) is 2.35. The standard InChI is InChI=1S/C18H17FN4O2S/c1-2-25-16-9-13(5-8-15(16)24)11-20-23-17(21-22-18(23)26)10-12-3-6-14(19)7-4-12/h3-9,11,24H,2,10H2,1H3,(H,22,26)/b20-11-. The van der Waals surface area contributed by atoms with Gasteiger partial charge in [0.25, 0.3) is 0 Å². The maximum Gasteiger partial charge on any atom is 0.216 e. The summed E-state index contributed by atoms with van der Waals surface area (Å²) in [6.07, 6.45) is 2.05. The Morgan fingerprint density at radius 2 is 2.08 bits per heavy atom. The van der Waals surface area contributed by atoms with Gasteiger partial charge >= 0.3 is 0 Å². The van der Waals surface area contributed by atoms with Crippen LogP contribution in [0.3, 0.4) is 0 Å². The van der Waals surface area contributed by atoms with Gasteiger partial charge < -0.3 is 9.84 Å². The zero-order valence-corrected chi connectivity index (χ0v) is 14.8. The second-order valence-corrected chi connectivity index (χ2v) is 5.85. The molecule has 0 bridgehead atoms. The van der Waals surface area contributed by atoms with Crippen molar-refractivity contribution in [2.75, 3.05) is 6.61 Å². The fraction of sp³-hybridized carbons (Fsp3) is 0.167. The zero-order valence-electron chi connectivity index (χ0n) is 14.0. The van der Waals surface area contributed by atoms with Crippen molar-refractivity contribution in [3.63, 3.8) is 0 Å². The largest absolute Gasteiger partial charge is 0.504 e. The van der Waals surface area contributed by atoms with Crippen molar-refractivity contribution < 1.29 is 14.2 Å². The zero-order chi connectivity index (χ0) is 18.5. The van der Waals surface area contributed by atoms with E-state index >= 15 is 0 Å². The Kier molecular flexibility index (Phi) is 5.43. The molecule has 0 aliphatic heterocycles. The predicted octanol–water partition coefficient (Wildman–Crippen LogP) is 3.66. The highest BCUT2D eigenvalue weighted by Crippen LogP contribution is 2.26. The molecule has 0 aliphatic carbocycles. The average Bonchev–Trinajstić information content (AvgIpc) is 2.97. The molecule has 1 heterocycles. The van der Waals surface area contributed by atoms with Crippen LogP contribution in [0, 0.1) is 10.6 Å². The minimum Gasteiger partial charge on any atom is -0.504 e. The smallest absolute Gasteiger partial charge is 0.216 e. The predicted molar refractivity (Wildman–Crippen MR) is 98.9 cm³/mol. The van der Waals surface area contributed by atoms with E-state index in [1.807, 2.05) is 6.92 Å². The third kappa shape index (κ3) is 4.15. The van der Waals surface area contributed by atoms with Gasteiger partial charge in [-0.2, -0.15) is 14.9 Å². The summed E-state index contributed by atoms with van der Waals surface area (Å²) in [6, 6.07) is 11.1. The lowest BCUT2D eigenvalue weighted by atomic mass is 10.1. The molecule has 134 valence electrons. The number of nitrogens with zero attached hydrogens (tertiary/aromatic N) is 3. The molecule has 0 saturated carbocycles. The van der Waals surface area contributed by atoms with Gasteiger partial charge in [0, 0.05) is 6.42 Å². The first-order valence-electron chi connectivity index (χ1n) is 7.97. The summed E-state index contributed by atoms with van der Waals surface area (Å²) >= 11 is 5.22. The van der Waals surface area contributed by atoms with Gasteiger partial charge in [-0.1, -0.05) is 12.1 Å². The van der Waals surface area contributed by atoms with Gasteiger partial charge in [0.1, 0.15) is 5.82 Å². The number of H-pyrrole nitrogens is 1. The molecule has 3 aromatic rings. The number of phenolic OH excluding ortho intramolecular Hbond substituents is 1. The van der Waals surface area contributed by atoms with E-state index in [4.69, 9.17) is 17.0 Å². The van der Waals surface area contributed by atoms with Crippen molar-refractivity contribution in [3.05, 3.63) is 70.0 Å². The molecule has 2 aromatic carbocycles. The number of ether oxygens (including phenoxy) is 1. The topological polar surface area (TPSA) is 75.4 Å². The number of aromatic hydroxyl groups is 1. The van der Waals surface area contributed by atoms with Crippen LogP contribution in [0.1, 0.15) is 23.9 Å². The Labute approximate surface area is 154 Å². The molecule has 3 rings (SSSR count). The molecular formula is C18H17FN4O2S. The highest BCUT2D eigenvalue weighted by molar-refractivity contribution is 7.71. The van der Waals surface area contributed by atoms with E-state index in [0.29, 0.717) is 29.4 Å². The lowest BCUT2D eigenvalue weighted by Crippen LogP contribution is -2.01. The Morgan fingerprint density at radius 3 is 2.81 bits per heavy atom. The number of nitrogens with one attached hydrogen (secondary N) is 1. The molecule has 0 amide bonds. The normalized spacial score (nSPS) is 11.2. The van der Waals surface area contributed by atoms with E-state index in [0.717, 1.165) is 11.1 Å². The van der Waals surface area contributed by atoms with Crippen LogP contribution in [0.15, 0.2) is 47.6 Å². The molecular weight excluding hydrogens is 355 g/mol. The average molecular weight is 372 g/mol. The second-order valence-electron chi connectivity index (χ2n) is 5.46. The molecule has 8 heteroatoms. The number of benzene rings is 2. The summed E-state index contributed by atoms with van der Waals surface area (Å²) in [5.41, 5.74) is 1.63. The quantitative estimate of drug-likeness (QED) is 0.511. The van der Waals surface area contributed by atoms with Crippen LogP contribution in [0.5, 0.6) is 11.5 Å². The Balaban J connectivity index is 1.85. The van der Waals surface area contributed by atoms with Crippen molar-refractivity contribution in [1.82, 2.24) is 14.9 Å². The Hall–Kier alpha value is -3.00. The van der Waals surface area contributed by atoms with E-state index < -0.39 is 0 Å². The van der Waals surface area contributed by atoms with Crippen molar-refractivity contribution in [2.45, 2.75) is 13.3 Å². The van der Waals surface area contributed by atoms with Gasteiger partial charge in [-0.15, -0.1) is 0 Å². The van der Waals surface area contributed by atoms with Crippen LogP contribution in [0.4, 0.5) is 4.39 Å². The number of hydrogen-bond acceptors (Lipinski definition) is 5. The van der Waals surface area contributed by atoms with E-state index in [-0.39, 0.29) is 11.6 Å². The highest BCUT2D eigenvalue weighted by atomic mass is 32.1. The number of aromatic nitrogens is 3. The minimum absolute atomic E-state index is 0.0703. The number of hydrogen-bond donors (Lipinski definition) is 2. The Morgan fingerprint density at radius 1 is 1.31 bits per heavy atom. The van der Waals surface area contributed by atoms with E-state index in [2.05, 4.69) is 15.3 Å². The van der Waals surface area contributed by atoms with Gasteiger partial charge in [-0.3, -0.25) is 5.10 Å². The summed E-state index contributed by atoms with van der Waals surface area (Å²) in [6.45, 7) is 2.29. The first-order chi connectivity index (χ1) is 12.6. The molecule has 0 aliphatic rings. The van der Waals surface area contributed by atoms with E-state index in [1.54, 1.807) is 36.5 Å². The minimum atomic E-state index is -0.289. The third-order valence-electron chi connectivity index (χ3n) is 3.60. The summed E-state index contributed by atoms with van der Waals surface area (Å²) in [7, 11) is 0. The first kappa shape index (κ1) is 17.8. The van der Waals surface area contributed by atoms with Crippen LogP contribution >= 0.6 is 12.2 Å². The summed E-state index contributed by atoms with van der Waals surface area (Å²) in [4.78, 5) is 0. The summed E-state index contributed by atoms with van der Waals surface area (Å²) in [5, 5.41) is 21.0. The van der Waals surface area contributed by atoms with Gasteiger partial charge in [-0.05, 0) is 60.6 Å². The maximum atomic E-state index is 13.0. The van der Waals surface area contributed by atoms with Crippen molar-refractivity contribution >= 4 is 18.4 Å². The highest BCUT2D eigenvalue weighted by Gasteiger charge is 2.07. The summed E-state index contributed by atoms with van der Waals surface area (Å²) in [5.74, 6) is 0.768. The molecule has 26 heavy (non-hydrogen) atoms. The maximum absolute atomic E-state index is 13.0.